The molecule has 0 spiro atoms. The van der Waals surface area contributed by atoms with Crippen LogP contribution in [0.3, 0.4) is 0 Å². The number of hydrogen-bond donors (Lipinski definition) is 1. The number of rotatable bonds is 4. The minimum absolute atomic E-state index is 0.0926. The molecule has 0 bridgehead atoms. The molecule has 16 heavy (non-hydrogen) atoms. The topological polar surface area (TPSA) is 32.3 Å². The first kappa shape index (κ1) is 13.2. The highest BCUT2D eigenvalue weighted by Crippen LogP contribution is 2.11. The van der Waals surface area contributed by atoms with Gasteiger partial charge in [0, 0.05) is 25.1 Å². The summed E-state index contributed by atoms with van der Waals surface area (Å²) in [7, 11) is 3.53. The van der Waals surface area contributed by atoms with Gasteiger partial charge in [0.05, 0.1) is 6.04 Å². The second kappa shape index (κ2) is 6.01. The molecule has 1 aromatic carbocycles. The van der Waals surface area contributed by atoms with E-state index in [0.717, 1.165) is 10.0 Å². The van der Waals surface area contributed by atoms with E-state index in [9.17, 15) is 4.79 Å². The number of carbonyl (C=O) groups is 1. The van der Waals surface area contributed by atoms with Gasteiger partial charge in [-0.3, -0.25) is 4.79 Å². The number of nitrogens with one attached hydrogen (secondary N) is 1. The van der Waals surface area contributed by atoms with Crippen molar-refractivity contribution in [2.24, 2.45) is 0 Å². The van der Waals surface area contributed by atoms with Crippen molar-refractivity contribution in [3.8, 4) is 0 Å². The van der Waals surface area contributed by atoms with E-state index < -0.39 is 0 Å². The number of benzene rings is 1. The van der Waals surface area contributed by atoms with E-state index in [-0.39, 0.29) is 11.9 Å². The Morgan fingerprint density at radius 1 is 1.50 bits per heavy atom. The Hall–Kier alpha value is -0.870. The van der Waals surface area contributed by atoms with Crippen LogP contribution < -0.4 is 5.32 Å². The maximum atomic E-state index is 11.6. The molecule has 0 fully saturated rings. The van der Waals surface area contributed by atoms with Gasteiger partial charge in [0.15, 0.2) is 0 Å². The lowest BCUT2D eigenvalue weighted by molar-refractivity contribution is -0.130. The predicted octanol–water partition coefficient (Wildman–Crippen LogP) is 2.02. The smallest absolute Gasteiger partial charge is 0.238 e. The second-order valence-electron chi connectivity index (χ2n) is 3.97. The normalized spacial score (nSPS) is 12.2. The average molecular weight is 285 g/mol. The minimum Gasteiger partial charge on any atom is -0.347 e. The van der Waals surface area contributed by atoms with Crippen LogP contribution in [0.1, 0.15) is 12.5 Å². The van der Waals surface area contributed by atoms with E-state index in [0.29, 0.717) is 6.54 Å². The number of likely N-dealkylation sites (N-methyl/N-ethyl adjacent to an activating group) is 1. The van der Waals surface area contributed by atoms with Crippen LogP contribution in [-0.4, -0.2) is 30.9 Å². The van der Waals surface area contributed by atoms with E-state index in [1.165, 1.54) is 0 Å². The lowest BCUT2D eigenvalue weighted by Crippen LogP contribution is -2.41. The fourth-order valence-electron chi connectivity index (χ4n) is 1.39. The molecule has 0 saturated carbocycles. The van der Waals surface area contributed by atoms with E-state index >= 15 is 0 Å². The summed E-state index contributed by atoms with van der Waals surface area (Å²) in [6.45, 7) is 2.57. The third kappa shape index (κ3) is 3.94. The maximum absolute atomic E-state index is 11.6. The number of hydrogen-bond acceptors (Lipinski definition) is 2. The van der Waals surface area contributed by atoms with Crippen LogP contribution in [0.15, 0.2) is 28.7 Å². The number of nitrogens with zero attached hydrogens (tertiary/aromatic N) is 1. The van der Waals surface area contributed by atoms with Gasteiger partial charge in [-0.15, -0.1) is 0 Å². The molecule has 0 saturated heterocycles. The van der Waals surface area contributed by atoms with Crippen molar-refractivity contribution in [2.75, 3.05) is 14.1 Å². The molecule has 1 rings (SSSR count). The quantitative estimate of drug-likeness (QED) is 0.918. The van der Waals surface area contributed by atoms with Crippen LogP contribution in [0.2, 0.25) is 0 Å². The van der Waals surface area contributed by atoms with E-state index in [4.69, 9.17) is 0 Å². The molecule has 3 nitrogen and oxygen atoms in total. The molecule has 1 aromatic rings. The molecule has 1 atom stereocenters. The molecule has 0 aliphatic rings. The van der Waals surface area contributed by atoms with Gasteiger partial charge >= 0.3 is 0 Å². The van der Waals surface area contributed by atoms with Crippen molar-refractivity contribution in [1.29, 1.82) is 0 Å². The van der Waals surface area contributed by atoms with E-state index in [1.807, 2.05) is 31.2 Å². The SMILES string of the molecule is C[C@@H](NCc1cccc(Br)c1)C(=O)N(C)C. The summed E-state index contributed by atoms with van der Waals surface area (Å²) in [5.74, 6) is 0.0926. The lowest BCUT2D eigenvalue weighted by atomic mass is 10.2. The zero-order valence-electron chi connectivity index (χ0n) is 9.83. The zero-order chi connectivity index (χ0) is 12.1. The van der Waals surface area contributed by atoms with Crippen molar-refractivity contribution >= 4 is 21.8 Å². The average Bonchev–Trinajstić information content (AvgIpc) is 2.24. The number of halogens is 1. The molecular weight excluding hydrogens is 268 g/mol. The predicted molar refractivity (Wildman–Crippen MR) is 69.1 cm³/mol. The Morgan fingerprint density at radius 2 is 2.19 bits per heavy atom. The fourth-order valence-corrected chi connectivity index (χ4v) is 1.84. The van der Waals surface area contributed by atoms with Gasteiger partial charge in [0.25, 0.3) is 0 Å². The van der Waals surface area contributed by atoms with Crippen molar-refractivity contribution < 1.29 is 4.79 Å². The summed E-state index contributed by atoms with van der Waals surface area (Å²) in [6.07, 6.45) is 0. The highest BCUT2D eigenvalue weighted by atomic mass is 79.9. The Balaban J connectivity index is 2.49. The first-order valence-electron chi connectivity index (χ1n) is 5.19. The molecule has 1 amide bonds. The maximum Gasteiger partial charge on any atom is 0.238 e. The summed E-state index contributed by atoms with van der Waals surface area (Å²) in [5, 5.41) is 3.20. The lowest BCUT2D eigenvalue weighted by Gasteiger charge is -2.18. The van der Waals surface area contributed by atoms with Gasteiger partial charge in [-0.1, -0.05) is 28.1 Å². The van der Waals surface area contributed by atoms with Crippen LogP contribution >= 0.6 is 15.9 Å². The standard InChI is InChI=1S/C12H17BrN2O/c1-9(12(16)15(2)3)14-8-10-5-4-6-11(13)7-10/h4-7,9,14H,8H2,1-3H3/t9-/m1/s1. The van der Waals surface area contributed by atoms with Crippen LogP contribution in [0, 0.1) is 0 Å². The number of amides is 1. The van der Waals surface area contributed by atoms with Crippen molar-refractivity contribution in [1.82, 2.24) is 10.2 Å². The Morgan fingerprint density at radius 3 is 2.75 bits per heavy atom. The van der Waals surface area contributed by atoms with Gasteiger partial charge in [-0.2, -0.15) is 0 Å². The van der Waals surface area contributed by atoms with E-state index in [1.54, 1.807) is 19.0 Å². The van der Waals surface area contributed by atoms with Crippen LogP contribution in [0.4, 0.5) is 0 Å². The number of carbonyl (C=O) groups excluding carboxylic acids is 1. The Kier molecular flexibility index (Phi) is 4.96. The van der Waals surface area contributed by atoms with Gasteiger partial charge in [0.2, 0.25) is 5.91 Å². The molecule has 1 N–H and O–H groups in total. The van der Waals surface area contributed by atoms with Crippen LogP contribution in [-0.2, 0) is 11.3 Å². The summed E-state index contributed by atoms with van der Waals surface area (Å²) < 4.78 is 1.05. The highest BCUT2D eigenvalue weighted by molar-refractivity contribution is 9.10. The minimum atomic E-state index is -0.158. The largest absolute Gasteiger partial charge is 0.347 e. The third-order valence-electron chi connectivity index (χ3n) is 2.31. The van der Waals surface area contributed by atoms with Crippen molar-refractivity contribution in [2.45, 2.75) is 19.5 Å². The summed E-state index contributed by atoms with van der Waals surface area (Å²) in [5.41, 5.74) is 1.16. The van der Waals surface area contributed by atoms with Crippen molar-refractivity contribution in [3.63, 3.8) is 0 Å². The zero-order valence-corrected chi connectivity index (χ0v) is 11.4. The molecular formula is C12H17BrN2O. The molecule has 4 heteroatoms. The Labute approximate surface area is 105 Å². The first-order chi connectivity index (χ1) is 7.50. The van der Waals surface area contributed by atoms with Gasteiger partial charge in [0.1, 0.15) is 0 Å². The molecule has 0 heterocycles. The highest BCUT2D eigenvalue weighted by Gasteiger charge is 2.13. The first-order valence-corrected chi connectivity index (χ1v) is 5.99. The summed E-state index contributed by atoms with van der Waals surface area (Å²) in [6, 6.07) is 7.89. The summed E-state index contributed by atoms with van der Waals surface area (Å²) in [4.78, 5) is 13.2. The van der Waals surface area contributed by atoms with Crippen molar-refractivity contribution in [3.05, 3.63) is 34.3 Å². The molecule has 0 radical (unpaired) electrons. The molecule has 88 valence electrons. The third-order valence-corrected chi connectivity index (χ3v) is 2.81. The van der Waals surface area contributed by atoms with E-state index in [2.05, 4.69) is 21.2 Å². The van der Waals surface area contributed by atoms with Gasteiger partial charge < -0.3 is 10.2 Å². The molecule has 0 unspecified atom stereocenters. The summed E-state index contributed by atoms with van der Waals surface area (Å²) >= 11 is 3.42. The molecule has 0 aromatic heterocycles. The second-order valence-corrected chi connectivity index (χ2v) is 4.88. The van der Waals surface area contributed by atoms with Gasteiger partial charge in [-0.05, 0) is 24.6 Å². The molecule has 0 aliphatic heterocycles. The van der Waals surface area contributed by atoms with Crippen LogP contribution in [0.25, 0.3) is 0 Å². The van der Waals surface area contributed by atoms with Crippen LogP contribution in [0.5, 0.6) is 0 Å². The monoisotopic (exact) mass is 284 g/mol. The fraction of sp³-hybridized carbons (Fsp3) is 0.417. The molecule has 0 aliphatic carbocycles. The van der Waals surface area contributed by atoms with Gasteiger partial charge in [-0.25, -0.2) is 0 Å². The Bertz CT molecular complexity index is 366.